The second-order valence-electron chi connectivity index (χ2n) is 5.54. The molecule has 126 valence electrons. The molecule has 2 rings (SSSR count). The summed E-state index contributed by atoms with van der Waals surface area (Å²) in [5.74, 6) is -0.0908. The van der Waals surface area contributed by atoms with Crippen molar-refractivity contribution in [1.82, 2.24) is 0 Å². The Labute approximate surface area is 141 Å². The molecule has 0 aliphatic carbocycles. The first-order valence-corrected chi connectivity index (χ1v) is 7.64. The average Bonchev–Trinajstić information content (AvgIpc) is 2.56. The molecule has 0 spiro atoms. The first-order chi connectivity index (χ1) is 11.4. The maximum absolute atomic E-state index is 12.4. The van der Waals surface area contributed by atoms with Crippen LogP contribution in [-0.2, 0) is 9.53 Å². The highest BCUT2D eigenvalue weighted by Crippen LogP contribution is 2.21. The molecule has 0 radical (unpaired) electrons. The van der Waals surface area contributed by atoms with Crippen LogP contribution in [-0.4, -0.2) is 25.1 Å². The van der Waals surface area contributed by atoms with E-state index in [2.05, 4.69) is 5.32 Å². The van der Waals surface area contributed by atoms with Crippen LogP contribution in [0.5, 0.6) is 5.75 Å². The third kappa shape index (κ3) is 4.13. The van der Waals surface area contributed by atoms with E-state index in [1.165, 1.54) is 7.11 Å². The summed E-state index contributed by atoms with van der Waals surface area (Å²) in [6.45, 7) is 5.39. The Balaban J connectivity index is 2.10. The Bertz CT molecular complexity index is 755. The highest BCUT2D eigenvalue weighted by atomic mass is 16.5. The second kappa shape index (κ2) is 7.64. The summed E-state index contributed by atoms with van der Waals surface area (Å²) in [6.07, 6.45) is -0.673. The van der Waals surface area contributed by atoms with Crippen LogP contribution in [0.4, 0.5) is 5.69 Å². The van der Waals surface area contributed by atoms with Crippen LogP contribution in [0.25, 0.3) is 0 Å². The zero-order valence-corrected chi connectivity index (χ0v) is 14.3. The molecule has 1 N–H and O–H groups in total. The third-order valence-corrected chi connectivity index (χ3v) is 3.67. The van der Waals surface area contributed by atoms with Gasteiger partial charge in [-0.05, 0) is 56.2 Å². The Morgan fingerprint density at radius 3 is 2.46 bits per heavy atom. The number of esters is 1. The van der Waals surface area contributed by atoms with E-state index in [0.717, 1.165) is 5.56 Å². The number of rotatable bonds is 5. The normalized spacial score (nSPS) is 11.5. The summed E-state index contributed by atoms with van der Waals surface area (Å²) in [4.78, 5) is 24.1. The molecule has 0 fully saturated rings. The first kappa shape index (κ1) is 17.5. The fraction of sp³-hybridized carbons (Fsp3) is 0.263. The molecule has 0 heterocycles. The van der Waals surface area contributed by atoms with Gasteiger partial charge in [-0.25, -0.2) is 4.79 Å². The Morgan fingerprint density at radius 1 is 1.08 bits per heavy atom. The topological polar surface area (TPSA) is 64.6 Å². The number of hydrogen-bond acceptors (Lipinski definition) is 4. The van der Waals surface area contributed by atoms with E-state index < -0.39 is 12.1 Å². The molecule has 0 aliphatic rings. The summed E-state index contributed by atoms with van der Waals surface area (Å²) < 4.78 is 10.4. The minimum Gasteiger partial charge on any atom is -0.481 e. The van der Waals surface area contributed by atoms with Crippen molar-refractivity contribution in [1.29, 1.82) is 0 Å². The average molecular weight is 327 g/mol. The van der Waals surface area contributed by atoms with Gasteiger partial charge in [-0.2, -0.15) is 0 Å². The molecule has 24 heavy (non-hydrogen) atoms. The van der Waals surface area contributed by atoms with Gasteiger partial charge in [0.1, 0.15) is 5.75 Å². The molecule has 2 aromatic carbocycles. The quantitative estimate of drug-likeness (QED) is 0.854. The molecule has 0 aliphatic heterocycles. The number of nitrogens with one attached hydrogen (secondary N) is 1. The van der Waals surface area contributed by atoms with Crippen molar-refractivity contribution in [2.75, 3.05) is 12.4 Å². The van der Waals surface area contributed by atoms with Crippen molar-refractivity contribution in [2.45, 2.75) is 26.9 Å². The van der Waals surface area contributed by atoms with Gasteiger partial charge in [0.2, 0.25) is 0 Å². The second-order valence-corrected chi connectivity index (χ2v) is 5.54. The lowest BCUT2D eigenvalue weighted by atomic mass is 10.1. The van der Waals surface area contributed by atoms with Crippen LogP contribution in [0.2, 0.25) is 0 Å². The molecule has 5 heteroatoms. The van der Waals surface area contributed by atoms with Crippen LogP contribution < -0.4 is 10.1 Å². The molecule has 1 unspecified atom stereocenters. The van der Waals surface area contributed by atoms with Crippen LogP contribution in [0, 0.1) is 13.8 Å². The molecular formula is C19H21NO4. The molecular weight excluding hydrogens is 306 g/mol. The van der Waals surface area contributed by atoms with Gasteiger partial charge in [-0.3, -0.25) is 4.79 Å². The Kier molecular flexibility index (Phi) is 5.58. The first-order valence-electron chi connectivity index (χ1n) is 7.64. The number of carbonyl (C=O) groups is 2. The lowest BCUT2D eigenvalue weighted by molar-refractivity contribution is -0.122. The Morgan fingerprint density at radius 2 is 1.79 bits per heavy atom. The zero-order valence-electron chi connectivity index (χ0n) is 14.3. The highest BCUT2D eigenvalue weighted by molar-refractivity contribution is 5.98. The monoisotopic (exact) mass is 327 g/mol. The fourth-order valence-electron chi connectivity index (χ4n) is 2.28. The van der Waals surface area contributed by atoms with E-state index in [1.807, 2.05) is 25.1 Å². The molecule has 2 aromatic rings. The van der Waals surface area contributed by atoms with Gasteiger partial charge in [0, 0.05) is 5.69 Å². The number of anilines is 1. The van der Waals surface area contributed by atoms with Crippen molar-refractivity contribution in [2.24, 2.45) is 0 Å². The fourth-order valence-corrected chi connectivity index (χ4v) is 2.28. The van der Waals surface area contributed by atoms with E-state index in [0.29, 0.717) is 22.6 Å². The summed E-state index contributed by atoms with van der Waals surface area (Å²) in [7, 11) is 1.32. The molecule has 0 bridgehead atoms. The number of amides is 1. The number of methoxy groups -OCH3 is 1. The van der Waals surface area contributed by atoms with Crippen LogP contribution in [0.3, 0.4) is 0 Å². The van der Waals surface area contributed by atoms with Gasteiger partial charge in [0.05, 0.1) is 12.7 Å². The highest BCUT2D eigenvalue weighted by Gasteiger charge is 2.18. The number of carbonyl (C=O) groups excluding carboxylic acids is 2. The van der Waals surface area contributed by atoms with E-state index in [1.54, 1.807) is 38.1 Å². The van der Waals surface area contributed by atoms with Crippen molar-refractivity contribution < 1.29 is 19.1 Å². The summed E-state index contributed by atoms with van der Waals surface area (Å²) in [5, 5.41) is 2.79. The minimum atomic E-state index is -0.673. The third-order valence-electron chi connectivity index (χ3n) is 3.67. The predicted octanol–water partition coefficient (Wildman–Crippen LogP) is 3.50. The predicted molar refractivity (Wildman–Crippen MR) is 92.4 cm³/mol. The van der Waals surface area contributed by atoms with Crippen molar-refractivity contribution in [3.05, 3.63) is 59.2 Å². The van der Waals surface area contributed by atoms with E-state index in [4.69, 9.17) is 9.47 Å². The number of hydrogen-bond donors (Lipinski definition) is 1. The standard InChI is InChI=1S/C19H21NO4/c1-12-7-5-8-15(11-12)24-14(3)18(21)20-17-10-6-9-16(13(17)2)19(22)23-4/h5-11,14H,1-4H3,(H,20,21). The minimum absolute atomic E-state index is 0.290. The molecule has 1 amide bonds. The van der Waals surface area contributed by atoms with E-state index in [9.17, 15) is 9.59 Å². The SMILES string of the molecule is COC(=O)c1cccc(NC(=O)C(C)Oc2cccc(C)c2)c1C. The van der Waals surface area contributed by atoms with Crippen LogP contribution in [0.15, 0.2) is 42.5 Å². The molecule has 5 nitrogen and oxygen atoms in total. The summed E-state index contributed by atoms with van der Waals surface area (Å²) >= 11 is 0. The van der Waals surface area contributed by atoms with Crippen LogP contribution >= 0.6 is 0 Å². The van der Waals surface area contributed by atoms with Crippen LogP contribution in [0.1, 0.15) is 28.4 Å². The van der Waals surface area contributed by atoms with Gasteiger partial charge >= 0.3 is 5.97 Å². The summed E-state index contributed by atoms with van der Waals surface area (Å²) in [6, 6.07) is 12.6. The largest absolute Gasteiger partial charge is 0.481 e. The van der Waals surface area contributed by atoms with Gasteiger partial charge in [0.15, 0.2) is 6.10 Å². The van der Waals surface area contributed by atoms with Gasteiger partial charge < -0.3 is 14.8 Å². The van der Waals surface area contributed by atoms with E-state index >= 15 is 0 Å². The van der Waals surface area contributed by atoms with Gasteiger partial charge in [-0.15, -0.1) is 0 Å². The summed E-state index contributed by atoms with van der Waals surface area (Å²) in [5.41, 5.74) is 2.69. The molecule has 0 saturated heterocycles. The number of aryl methyl sites for hydroxylation is 1. The maximum Gasteiger partial charge on any atom is 0.338 e. The van der Waals surface area contributed by atoms with Crippen molar-refractivity contribution >= 4 is 17.6 Å². The number of benzene rings is 2. The molecule has 0 saturated carbocycles. The van der Waals surface area contributed by atoms with Crippen molar-refractivity contribution in [3.63, 3.8) is 0 Å². The van der Waals surface area contributed by atoms with Gasteiger partial charge in [-0.1, -0.05) is 18.2 Å². The van der Waals surface area contributed by atoms with Crippen molar-refractivity contribution in [3.8, 4) is 5.75 Å². The Hall–Kier alpha value is -2.82. The number of ether oxygens (including phenoxy) is 2. The zero-order chi connectivity index (χ0) is 17.7. The lowest BCUT2D eigenvalue weighted by Crippen LogP contribution is -2.30. The maximum atomic E-state index is 12.4. The molecule has 1 atom stereocenters. The lowest BCUT2D eigenvalue weighted by Gasteiger charge is -2.17. The smallest absolute Gasteiger partial charge is 0.338 e. The van der Waals surface area contributed by atoms with Gasteiger partial charge in [0.25, 0.3) is 5.91 Å². The molecule has 0 aromatic heterocycles. The van der Waals surface area contributed by atoms with E-state index in [-0.39, 0.29) is 5.91 Å².